The topological polar surface area (TPSA) is 69.4 Å². The number of hydrogen-bond donors (Lipinski definition) is 0. The van der Waals surface area contributed by atoms with Gasteiger partial charge in [-0.3, -0.25) is 9.59 Å². The summed E-state index contributed by atoms with van der Waals surface area (Å²) in [5.41, 5.74) is 2.73. The van der Waals surface area contributed by atoms with E-state index in [1.807, 2.05) is 45.5 Å². The molecule has 3 heterocycles. The van der Waals surface area contributed by atoms with Crippen LogP contribution in [0.15, 0.2) is 58.9 Å². The fourth-order valence-electron chi connectivity index (χ4n) is 3.67. The van der Waals surface area contributed by atoms with E-state index in [1.165, 1.54) is 24.4 Å². The van der Waals surface area contributed by atoms with Gasteiger partial charge in [0, 0.05) is 49.2 Å². The Bertz CT molecular complexity index is 1120. The van der Waals surface area contributed by atoms with Crippen LogP contribution in [0.4, 0.5) is 5.69 Å². The summed E-state index contributed by atoms with van der Waals surface area (Å²) in [5.74, 6) is 0.747. The normalized spacial score (nSPS) is 13.2. The van der Waals surface area contributed by atoms with Crippen LogP contribution in [0.25, 0.3) is 0 Å². The van der Waals surface area contributed by atoms with Crippen LogP contribution in [0, 0.1) is 0 Å². The quantitative estimate of drug-likeness (QED) is 0.569. The van der Waals surface area contributed by atoms with Crippen molar-refractivity contribution < 1.29 is 9.53 Å². The van der Waals surface area contributed by atoms with E-state index < -0.39 is 0 Å². The van der Waals surface area contributed by atoms with Crippen molar-refractivity contribution in [3.05, 3.63) is 70.4 Å². The molecule has 0 unspecified atom stereocenters. The summed E-state index contributed by atoms with van der Waals surface area (Å²) in [6.45, 7) is 0.839. The molecule has 0 aliphatic carbocycles. The lowest BCUT2D eigenvalue weighted by molar-refractivity contribution is -0.119. The number of hydrogen-bond acceptors (Lipinski definition) is 5. The molecule has 4 rings (SSSR count). The van der Waals surface area contributed by atoms with Crippen molar-refractivity contribution in [1.29, 1.82) is 0 Å². The largest absolute Gasteiger partial charge is 0.491 e. The van der Waals surface area contributed by atoms with Crippen molar-refractivity contribution in [1.82, 2.24) is 14.1 Å². The molecule has 1 aromatic carbocycles. The monoisotopic (exact) mass is 424 g/mol. The number of amides is 1. The van der Waals surface area contributed by atoms with Gasteiger partial charge in [0.25, 0.3) is 0 Å². The van der Waals surface area contributed by atoms with E-state index in [1.54, 1.807) is 18.5 Å². The number of carbonyl (C=O) groups excluding carboxylic acids is 1. The van der Waals surface area contributed by atoms with Crippen molar-refractivity contribution in [2.45, 2.75) is 30.3 Å². The van der Waals surface area contributed by atoms with Crippen LogP contribution >= 0.6 is 11.8 Å². The van der Waals surface area contributed by atoms with Gasteiger partial charge in [-0.1, -0.05) is 30.0 Å². The van der Waals surface area contributed by atoms with Crippen molar-refractivity contribution >= 4 is 23.4 Å². The number of aromatic nitrogens is 3. The van der Waals surface area contributed by atoms with E-state index in [-0.39, 0.29) is 23.6 Å². The zero-order valence-electron chi connectivity index (χ0n) is 17.1. The average molecular weight is 425 g/mol. The highest BCUT2D eigenvalue weighted by molar-refractivity contribution is 7.98. The fraction of sp³-hybridized carbons (Fsp3) is 0.318. The highest BCUT2D eigenvalue weighted by Crippen LogP contribution is 2.27. The van der Waals surface area contributed by atoms with Crippen molar-refractivity contribution in [3.8, 4) is 5.75 Å². The Morgan fingerprint density at radius 2 is 2.13 bits per heavy atom. The second-order valence-corrected chi connectivity index (χ2v) is 8.15. The molecule has 1 aliphatic heterocycles. The Hall–Kier alpha value is -3.00. The van der Waals surface area contributed by atoms with Crippen molar-refractivity contribution in [2.24, 2.45) is 7.05 Å². The number of benzene rings is 1. The van der Waals surface area contributed by atoms with Gasteiger partial charge >= 0.3 is 0 Å². The highest BCUT2D eigenvalue weighted by Gasteiger charge is 2.23. The number of pyridine rings is 1. The van der Waals surface area contributed by atoms with Crippen LogP contribution in [0.2, 0.25) is 0 Å². The lowest BCUT2D eigenvalue weighted by Crippen LogP contribution is -2.38. The molecule has 1 amide bonds. The van der Waals surface area contributed by atoms with Gasteiger partial charge in [0.05, 0.1) is 13.3 Å². The molecule has 0 N–H and O–H groups in total. The maximum atomic E-state index is 13.2. The minimum Gasteiger partial charge on any atom is -0.491 e. The molecule has 0 radical (unpaired) electrons. The van der Waals surface area contributed by atoms with E-state index in [0.29, 0.717) is 12.3 Å². The molecule has 1 aliphatic rings. The third kappa shape index (κ3) is 4.14. The number of para-hydroxylation sites is 1. The van der Waals surface area contributed by atoms with Crippen LogP contribution in [-0.2, 0) is 30.6 Å². The Labute approximate surface area is 179 Å². The number of imidazole rings is 1. The van der Waals surface area contributed by atoms with Gasteiger partial charge in [-0.05, 0) is 24.5 Å². The number of aryl methyl sites for hydroxylation is 2. The van der Waals surface area contributed by atoms with Crippen LogP contribution in [0.5, 0.6) is 5.75 Å². The fourth-order valence-corrected chi connectivity index (χ4v) is 4.60. The summed E-state index contributed by atoms with van der Waals surface area (Å²) >= 11 is 1.52. The molecular weight excluding hydrogens is 400 g/mol. The van der Waals surface area contributed by atoms with Crippen LogP contribution < -0.4 is 15.1 Å². The lowest BCUT2D eigenvalue weighted by atomic mass is 10.0. The summed E-state index contributed by atoms with van der Waals surface area (Å²) in [6, 6.07) is 9.59. The van der Waals surface area contributed by atoms with Gasteiger partial charge in [0.2, 0.25) is 11.3 Å². The number of anilines is 1. The predicted octanol–water partition coefficient (Wildman–Crippen LogP) is 2.86. The Morgan fingerprint density at radius 1 is 1.30 bits per heavy atom. The molecule has 0 saturated carbocycles. The minimum atomic E-state index is -0.194. The number of fused-ring (bicyclic) bond motifs is 1. The van der Waals surface area contributed by atoms with E-state index in [0.717, 1.165) is 29.4 Å². The molecule has 3 aromatic rings. The van der Waals surface area contributed by atoms with Crippen LogP contribution in [-0.4, -0.2) is 33.7 Å². The van der Waals surface area contributed by atoms with Gasteiger partial charge in [-0.2, -0.15) is 0 Å². The van der Waals surface area contributed by atoms with Crippen LogP contribution in [0.3, 0.4) is 0 Å². The SMILES string of the molecule is COc1cn(CC(=O)N2CCCc3ccccc32)c(CSc2nccn2C)cc1=O. The zero-order valence-corrected chi connectivity index (χ0v) is 17.9. The number of methoxy groups -OCH3 is 1. The first-order chi connectivity index (χ1) is 14.6. The highest BCUT2D eigenvalue weighted by atomic mass is 32.2. The van der Waals surface area contributed by atoms with Crippen molar-refractivity contribution in [3.63, 3.8) is 0 Å². The summed E-state index contributed by atoms with van der Waals surface area (Å²) in [4.78, 5) is 31.7. The van der Waals surface area contributed by atoms with Gasteiger partial charge in [0.15, 0.2) is 10.9 Å². The molecule has 156 valence electrons. The molecule has 2 aromatic heterocycles. The standard InChI is InChI=1S/C22H24N4O3S/c1-24-11-9-23-22(24)30-15-17-12-19(27)20(29-2)13-25(17)14-21(28)26-10-5-7-16-6-3-4-8-18(16)26/h3-4,6,8-9,11-13H,5,7,10,14-15H2,1-2H3. The van der Waals surface area contributed by atoms with Gasteiger partial charge < -0.3 is 18.8 Å². The first-order valence-electron chi connectivity index (χ1n) is 9.82. The molecular formula is C22H24N4O3S. The first kappa shape index (κ1) is 20.3. The molecule has 0 saturated heterocycles. The number of rotatable bonds is 6. The lowest BCUT2D eigenvalue weighted by Gasteiger charge is -2.30. The molecule has 0 bridgehead atoms. The molecule has 8 heteroatoms. The van der Waals surface area contributed by atoms with E-state index in [4.69, 9.17) is 4.74 Å². The first-order valence-corrected chi connectivity index (χ1v) is 10.8. The second kappa shape index (κ2) is 8.79. The summed E-state index contributed by atoms with van der Waals surface area (Å²) in [6.07, 6.45) is 7.17. The van der Waals surface area contributed by atoms with E-state index in [9.17, 15) is 9.59 Å². The third-order valence-corrected chi connectivity index (χ3v) is 6.34. The Kier molecular flexibility index (Phi) is 5.94. The van der Waals surface area contributed by atoms with Gasteiger partial charge in [0.1, 0.15) is 6.54 Å². The van der Waals surface area contributed by atoms with E-state index in [2.05, 4.69) is 11.1 Å². The predicted molar refractivity (Wildman–Crippen MR) is 117 cm³/mol. The average Bonchev–Trinajstić information content (AvgIpc) is 3.17. The maximum Gasteiger partial charge on any atom is 0.246 e. The minimum absolute atomic E-state index is 0.00362. The zero-order chi connectivity index (χ0) is 21.1. The molecule has 0 atom stereocenters. The van der Waals surface area contributed by atoms with Crippen molar-refractivity contribution in [2.75, 3.05) is 18.6 Å². The maximum absolute atomic E-state index is 13.2. The molecule has 30 heavy (non-hydrogen) atoms. The number of thioether (sulfide) groups is 1. The summed E-state index contributed by atoms with van der Waals surface area (Å²) < 4.78 is 8.95. The van der Waals surface area contributed by atoms with Gasteiger partial charge in [-0.15, -0.1) is 0 Å². The third-order valence-electron chi connectivity index (χ3n) is 5.25. The smallest absolute Gasteiger partial charge is 0.246 e. The molecule has 7 nitrogen and oxygen atoms in total. The Morgan fingerprint density at radius 3 is 2.90 bits per heavy atom. The molecule has 0 fully saturated rings. The summed E-state index contributed by atoms with van der Waals surface area (Å²) in [5, 5.41) is 0.848. The second-order valence-electron chi connectivity index (χ2n) is 7.21. The number of nitrogens with zero attached hydrogens (tertiary/aromatic N) is 4. The number of carbonyl (C=O) groups is 1. The van der Waals surface area contributed by atoms with E-state index >= 15 is 0 Å². The van der Waals surface area contributed by atoms with Gasteiger partial charge in [-0.25, -0.2) is 4.98 Å². The molecule has 0 spiro atoms. The Balaban J connectivity index is 1.60. The van der Waals surface area contributed by atoms with Crippen LogP contribution in [0.1, 0.15) is 17.7 Å². The number of ether oxygens (including phenoxy) is 1. The summed E-state index contributed by atoms with van der Waals surface area (Å²) in [7, 11) is 3.39.